The first kappa shape index (κ1) is 29.2. The van der Waals surface area contributed by atoms with Gasteiger partial charge in [0.25, 0.3) is 0 Å². The van der Waals surface area contributed by atoms with Crippen LogP contribution < -0.4 is 5.32 Å². The number of imidazole rings is 1. The molecule has 0 spiro atoms. The molecule has 1 N–H and O–H groups in total. The predicted molar refractivity (Wildman–Crippen MR) is 152 cm³/mol. The molecule has 39 heavy (non-hydrogen) atoms. The summed E-state index contributed by atoms with van der Waals surface area (Å²) in [5, 5.41) is 7.66. The quantitative estimate of drug-likeness (QED) is 0.268. The highest BCUT2D eigenvalue weighted by molar-refractivity contribution is 6.76. The third-order valence-electron chi connectivity index (χ3n) is 6.64. The number of carbonyl (C=O) groups is 1. The maximum absolute atomic E-state index is 12.4. The molecule has 0 bridgehead atoms. The van der Waals surface area contributed by atoms with Crippen LogP contribution in [0, 0.1) is 0 Å². The number of hydrogen-bond acceptors (Lipinski definition) is 8. The van der Waals surface area contributed by atoms with E-state index in [1.807, 2.05) is 26.8 Å². The Kier molecular flexibility index (Phi) is 9.07. The largest absolute Gasteiger partial charge is 0.444 e. The van der Waals surface area contributed by atoms with Crippen LogP contribution in [-0.4, -0.2) is 68.8 Å². The number of hydrogen-bond donors (Lipinski definition) is 1. The maximum Gasteiger partial charge on any atom is 0.407 e. The van der Waals surface area contributed by atoms with Crippen molar-refractivity contribution in [3.05, 3.63) is 24.4 Å². The first-order valence-electron chi connectivity index (χ1n) is 13.7. The summed E-state index contributed by atoms with van der Waals surface area (Å²) < 4.78 is 20.7. The van der Waals surface area contributed by atoms with Gasteiger partial charge in [-0.05, 0) is 58.6 Å². The maximum atomic E-state index is 12.4. The van der Waals surface area contributed by atoms with Crippen LogP contribution >= 0.6 is 0 Å². The Morgan fingerprint density at radius 2 is 2.00 bits per heavy atom. The molecule has 1 aliphatic rings. The van der Waals surface area contributed by atoms with Crippen LogP contribution in [-0.2, 0) is 27.5 Å². The molecular weight excluding hydrogens is 514 g/mol. The summed E-state index contributed by atoms with van der Waals surface area (Å²) >= 11 is 0. The molecule has 1 saturated carbocycles. The second-order valence-electron chi connectivity index (χ2n) is 12.5. The van der Waals surface area contributed by atoms with Crippen molar-refractivity contribution in [2.75, 3.05) is 13.7 Å². The number of alkyl carbamates (subject to hydrolysis) is 1. The molecule has 12 heteroatoms. The molecule has 3 heterocycles. The van der Waals surface area contributed by atoms with Crippen molar-refractivity contribution in [1.29, 1.82) is 0 Å². The van der Waals surface area contributed by atoms with Crippen molar-refractivity contribution in [1.82, 2.24) is 34.6 Å². The van der Waals surface area contributed by atoms with Gasteiger partial charge in [0, 0.05) is 33.9 Å². The second kappa shape index (κ2) is 12.1. The van der Waals surface area contributed by atoms with E-state index in [1.54, 1.807) is 24.3 Å². The smallest absolute Gasteiger partial charge is 0.407 e. The highest BCUT2D eigenvalue weighted by Gasteiger charge is 2.29. The highest BCUT2D eigenvalue weighted by atomic mass is 28.3. The van der Waals surface area contributed by atoms with Gasteiger partial charge < -0.3 is 24.1 Å². The van der Waals surface area contributed by atoms with Crippen LogP contribution in [0.1, 0.15) is 58.3 Å². The number of nitrogens with zero attached hydrogens (tertiary/aromatic N) is 6. The first-order chi connectivity index (χ1) is 18.4. The number of rotatable bonds is 10. The van der Waals surface area contributed by atoms with Gasteiger partial charge in [-0.2, -0.15) is 0 Å². The second-order valence-corrected chi connectivity index (χ2v) is 18.1. The zero-order valence-corrected chi connectivity index (χ0v) is 25.4. The van der Waals surface area contributed by atoms with Crippen molar-refractivity contribution < 1.29 is 19.0 Å². The average molecular weight is 558 g/mol. The Hall–Kier alpha value is -2.83. The molecule has 0 radical (unpaired) electrons. The third-order valence-corrected chi connectivity index (χ3v) is 8.34. The summed E-state index contributed by atoms with van der Waals surface area (Å²) in [6, 6.07) is 3.27. The van der Waals surface area contributed by atoms with Gasteiger partial charge in [0.2, 0.25) is 0 Å². The minimum Gasteiger partial charge on any atom is -0.444 e. The first-order valence-corrected chi connectivity index (χ1v) is 17.5. The molecule has 0 aliphatic heterocycles. The van der Waals surface area contributed by atoms with Gasteiger partial charge in [-0.3, -0.25) is 4.98 Å². The van der Waals surface area contributed by atoms with E-state index < -0.39 is 13.7 Å². The lowest BCUT2D eigenvalue weighted by atomic mass is 9.90. The molecule has 4 rings (SSSR count). The van der Waals surface area contributed by atoms with E-state index in [4.69, 9.17) is 19.2 Å². The number of nitrogens with one attached hydrogen (secondary N) is 1. The Morgan fingerprint density at radius 3 is 2.72 bits per heavy atom. The van der Waals surface area contributed by atoms with E-state index in [2.05, 4.69) is 44.6 Å². The van der Waals surface area contributed by atoms with Crippen LogP contribution in [0.2, 0.25) is 25.7 Å². The van der Waals surface area contributed by atoms with Crippen molar-refractivity contribution in [3.63, 3.8) is 0 Å². The molecule has 0 unspecified atom stereocenters. The molecule has 3 aromatic rings. The number of aromatic nitrogens is 6. The zero-order valence-electron chi connectivity index (χ0n) is 24.4. The Labute approximate surface area is 231 Å². The minimum absolute atomic E-state index is 0.0195. The molecule has 1 fully saturated rings. The molecular formula is C27H43N7O4Si. The van der Waals surface area contributed by atoms with Gasteiger partial charge in [0.05, 0.1) is 11.7 Å². The standard InChI is InChI=1S/C27H43N7O4Si/c1-27(2,3)38-26(35)30-19-9-8-10-20(13-19)34-23-14-21(28-15-22(23)31-24(34)16-36-4)25-29-17-33(32-25)18-37-11-12-39(5,6)7/h14-15,17,19-20H,8-13,16,18H2,1-7H3,(H,30,35)/t19-,20+/m0/s1. The number of ether oxygens (including phenoxy) is 3. The van der Waals surface area contributed by atoms with E-state index in [1.165, 1.54) is 0 Å². The summed E-state index contributed by atoms with van der Waals surface area (Å²) in [6.07, 6.45) is 6.73. The number of amides is 1. The lowest BCUT2D eigenvalue weighted by Crippen LogP contribution is -2.41. The van der Waals surface area contributed by atoms with Crippen molar-refractivity contribution in [2.45, 2.75) is 103 Å². The van der Waals surface area contributed by atoms with Gasteiger partial charge in [-0.15, -0.1) is 5.10 Å². The Bertz CT molecular complexity index is 1260. The highest BCUT2D eigenvalue weighted by Crippen LogP contribution is 2.34. The third kappa shape index (κ3) is 8.09. The summed E-state index contributed by atoms with van der Waals surface area (Å²) in [7, 11) is 0.530. The van der Waals surface area contributed by atoms with Crippen LogP contribution in [0.25, 0.3) is 22.6 Å². The van der Waals surface area contributed by atoms with Gasteiger partial charge >= 0.3 is 6.09 Å². The van der Waals surface area contributed by atoms with E-state index in [-0.39, 0.29) is 18.2 Å². The molecule has 3 aromatic heterocycles. The lowest BCUT2D eigenvalue weighted by molar-refractivity contribution is 0.0485. The summed E-state index contributed by atoms with van der Waals surface area (Å²) in [5.41, 5.74) is 1.89. The number of pyridine rings is 1. The Balaban J connectivity index is 1.53. The van der Waals surface area contributed by atoms with Crippen LogP contribution in [0.15, 0.2) is 18.6 Å². The average Bonchev–Trinajstić information content (AvgIpc) is 3.44. The lowest BCUT2D eigenvalue weighted by Gasteiger charge is -2.32. The SMILES string of the molecule is COCc1nc2cnc(-c3ncn(COCC[Si](C)(C)C)n3)cc2n1[C@@H]1CCC[C@H](NC(=O)OC(C)(C)C)C1. The predicted octanol–water partition coefficient (Wildman–Crippen LogP) is 5.16. The van der Waals surface area contributed by atoms with E-state index >= 15 is 0 Å². The van der Waals surface area contributed by atoms with Crippen molar-refractivity contribution in [2.24, 2.45) is 0 Å². The summed E-state index contributed by atoms with van der Waals surface area (Å²) in [4.78, 5) is 26.3. The van der Waals surface area contributed by atoms with Crippen LogP contribution in [0.3, 0.4) is 0 Å². The fourth-order valence-electron chi connectivity index (χ4n) is 4.82. The zero-order chi connectivity index (χ0) is 28.2. The molecule has 2 atom stereocenters. The molecule has 1 aliphatic carbocycles. The Morgan fingerprint density at radius 1 is 1.21 bits per heavy atom. The topological polar surface area (TPSA) is 118 Å². The molecule has 214 valence electrons. The summed E-state index contributed by atoms with van der Waals surface area (Å²) in [6.45, 7) is 14.1. The van der Waals surface area contributed by atoms with Gasteiger partial charge in [-0.25, -0.2) is 19.4 Å². The number of fused-ring (bicyclic) bond motifs is 1. The molecule has 0 saturated heterocycles. The normalized spacial score (nSPS) is 18.4. The fraction of sp³-hybridized carbons (Fsp3) is 0.667. The number of methoxy groups -OCH3 is 1. The van der Waals surface area contributed by atoms with E-state index in [0.717, 1.165) is 55.2 Å². The van der Waals surface area contributed by atoms with Gasteiger partial charge in [-0.1, -0.05) is 19.6 Å². The van der Waals surface area contributed by atoms with E-state index in [0.29, 0.717) is 24.9 Å². The molecule has 0 aromatic carbocycles. The van der Waals surface area contributed by atoms with Crippen LogP contribution in [0.5, 0.6) is 0 Å². The molecule has 11 nitrogen and oxygen atoms in total. The monoisotopic (exact) mass is 557 g/mol. The fourth-order valence-corrected chi connectivity index (χ4v) is 5.58. The number of carbonyl (C=O) groups excluding carboxylic acids is 1. The molecule has 1 amide bonds. The van der Waals surface area contributed by atoms with Crippen molar-refractivity contribution >= 4 is 25.2 Å². The van der Waals surface area contributed by atoms with Crippen molar-refractivity contribution in [3.8, 4) is 11.5 Å². The van der Waals surface area contributed by atoms with Gasteiger partial charge in [0.1, 0.15) is 42.3 Å². The van der Waals surface area contributed by atoms with Gasteiger partial charge in [0.15, 0.2) is 5.82 Å². The minimum atomic E-state index is -1.14. The van der Waals surface area contributed by atoms with Crippen LogP contribution in [0.4, 0.5) is 4.79 Å². The van der Waals surface area contributed by atoms with E-state index in [9.17, 15) is 4.79 Å². The summed E-state index contributed by atoms with van der Waals surface area (Å²) in [5.74, 6) is 1.38.